The molecule has 11 heteroatoms. The molecule has 0 radical (unpaired) electrons. The molecule has 6 rings (SSSR count). The first-order valence-electron chi connectivity index (χ1n) is 11.9. The van der Waals surface area contributed by atoms with Crippen molar-refractivity contribution in [3.05, 3.63) is 58.4 Å². The molecule has 0 unspecified atom stereocenters. The molecule has 186 valence electrons. The molecular weight excluding hydrogens is 478 g/mol. The number of anilines is 2. The molecule has 0 spiro atoms. The van der Waals surface area contributed by atoms with Crippen molar-refractivity contribution in [3.63, 3.8) is 0 Å². The van der Waals surface area contributed by atoms with Crippen LogP contribution in [0.2, 0.25) is 0 Å². The van der Waals surface area contributed by atoms with E-state index in [1.807, 2.05) is 38.2 Å². The Morgan fingerprint density at radius 2 is 2.22 bits per heavy atom. The summed E-state index contributed by atoms with van der Waals surface area (Å²) in [4.78, 5) is 36.4. The fraction of sp³-hybridized carbons (Fsp3) is 0.360. The normalized spacial score (nSPS) is 19.2. The minimum absolute atomic E-state index is 0.0428. The Kier molecular flexibility index (Phi) is 5.53. The second-order valence-corrected chi connectivity index (χ2v) is 10.9. The smallest absolute Gasteiger partial charge is 0.263 e. The molecule has 0 aliphatic carbocycles. The SMILES string of the molecule is CC1(C)Cc2nc(N3CCOC[C@@H]3Cc3c[nH]c4cc(C(=O)Nc5ccn[nH]5)ccc34)sc2C(=O)N1. The second-order valence-electron chi connectivity index (χ2n) is 9.91. The molecule has 2 aliphatic heterocycles. The van der Waals surface area contributed by atoms with Gasteiger partial charge in [0, 0.05) is 47.2 Å². The third-order valence-electron chi connectivity index (χ3n) is 6.66. The number of rotatable bonds is 5. The summed E-state index contributed by atoms with van der Waals surface area (Å²) in [5, 5.41) is 14.4. The topological polar surface area (TPSA) is 128 Å². The molecule has 5 heterocycles. The van der Waals surface area contributed by atoms with Gasteiger partial charge in [0.05, 0.1) is 31.1 Å². The van der Waals surface area contributed by atoms with Crippen molar-refractivity contribution in [1.82, 2.24) is 25.5 Å². The maximum Gasteiger partial charge on any atom is 0.263 e. The Labute approximate surface area is 211 Å². The number of nitrogens with zero attached hydrogens (tertiary/aromatic N) is 3. The number of aromatic amines is 2. The minimum atomic E-state index is -0.294. The van der Waals surface area contributed by atoms with E-state index in [0.29, 0.717) is 29.5 Å². The Bertz CT molecular complexity index is 1440. The molecule has 0 bridgehead atoms. The van der Waals surface area contributed by atoms with Gasteiger partial charge in [-0.3, -0.25) is 14.7 Å². The number of fused-ring (bicyclic) bond motifs is 2. The predicted molar refractivity (Wildman–Crippen MR) is 138 cm³/mol. The highest BCUT2D eigenvalue weighted by Gasteiger charge is 2.35. The van der Waals surface area contributed by atoms with Gasteiger partial charge < -0.3 is 25.3 Å². The lowest BCUT2D eigenvalue weighted by atomic mass is 9.94. The van der Waals surface area contributed by atoms with Gasteiger partial charge in [-0.2, -0.15) is 5.10 Å². The molecule has 1 fully saturated rings. The van der Waals surface area contributed by atoms with E-state index in [9.17, 15) is 9.59 Å². The number of nitrogens with one attached hydrogen (secondary N) is 4. The summed E-state index contributed by atoms with van der Waals surface area (Å²) < 4.78 is 5.84. The summed E-state index contributed by atoms with van der Waals surface area (Å²) >= 11 is 1.47. The van der Waals surface area contributed by atoms with Crippen molar-refractivity contribution in [2.45, 2.75) is 38.3 Å². The van der Waals surface area contributed by atoms with Gasteiger partial charge >= 0.3 is 0 Å². The molecular formula is C25H27N7O3S. The standard InChI is InChI=1S/C25H27N7O3S/c1-25(2)11-19-21(23(34)30-25)36-24(28-19)32-7-8-35-13-16(32)9-15-12-26-18-10-14(3-4-17(15)18)22(33)29-20-5-6-27-31-20/h3-6,10,12,16,26H,7-9,11,13H2,1-2H3,(H,30,34)(H2,27,29,31,33)/t16-/m0/s1. The number of aromatic nitrogens is 4. The van der Waals surface area contributed by atoms with Crippen LogP contribution in [0.3, 0.4) is 0 Å². The van der Waals surface area contributed by atoms with Crippen molar-refractivity contribution in [3.8, 4) is 0 Å². The Balaban J connectivity index is 1.23. The van der Waals surface area contributed by atoms with Crippen LogP contribution in [-0.4, -0.2) is 63.3 Å². The first-order valence-corrected chi connectivity index (χ1v) is 12.8. The van der Waals surface area contributed by atoms with Crippen molar-refractivity contribution in [1.29, 1.82) is 0 Å². The first kappa shape index (κ1) is 22.7. The van der Waals surface area contributed by atoms with Crippen molar-refractivity contribution in [2.75, 3.05) is 30.0 Å². The van der Waals surface area contributed by atoms with Crippen LogP contribution in [-0.2, 0) is 17.6 Å². The number of hydrogen-bond donors (Lipinski definition) is 4. The molecule has 0 saturated carbocycles. The zero-order chi connectivity index (χ0) is 24.9. The average molecular weight is 506 g/mol. The van der Waals surface area contributed by atoms with Crippen LogP contribution >= 0.6 is 11.3 Å². The molecule has 10 nitrogen and oxygen atoms in total. The molecule has 1 aromatic carbocycles. The van der Waals surface area contributed by atoms with Crippen LogP contribution in [0, 0.1) is 0 Å². The minimum Gasteiger partial charge on any atom is -0.377 e. The van der Waals surface area contributed by atoms with Gasteiger partial charge in [-0.15, -0.1) is 0 Å². The third-order valence-corrected chi connectivity index (χ3v) is 7.79. The Hall–Kier alpha value is -3.70. The highest BCUT2D eigenvalue weighted by atomic mass is 32.1. The zero-order valence-corrected chi connectivity index (χ0v) is 20.9. The maximum atomic E-state index is 12.6. The number of morpholine rings is 1. The molecule has 1 atom stereocenters. The summed E-state index contributed by atoms with van der Waals surface area (Å²) in [5.41, 5.74) is 3.18. The quantitative estimate of drug-likeness (QED) is 0.330. The van der Waals surface area contributed by atoms with E-state index in [2.05, 4.69) is 30.7 Å². The largest absolute Gasteiger partial charge is 0.377 e. The van der Waals surface area contributed by atoms with Crippen molar-refractivity contribution < 1.29 is 14.3 Å². The highest BCUT2D eigenvalue weighted by molar-refractivity contribution is 7.17. The van der Waals surface area contributed by atoms with E-state index in [1.54, 1.807) is 12.3 Å². The van der Waals surface area contributed by atoms with Gasteiger partial charge in [-0.25, -0.2) is 4.98 Å². The monoisotopic (exact) mass is 505 g/mol. The first-order chi connectivity index (χ1) is 17.4. The predicted octanol–water partition coefficient (Wildman–Crippen LogP) is 3.11. The van der Waals surface area contributed by atoms with Crippen molar-refractivity contribution in [2.24, 2.45) is 0 Å². The van der Waals surface area contributed by atoms with Gasteiger partial charge in [-0.05, 0) is 38.0 Å². The lowest BCUT2D eigenvalue weighted by Gasteiger charge is -2.35. The number of amides is 2. The summed E-state index contributed by atoms with van der Waals surface area (Å²) in [6, 6.07) is 7.45. The van der Waals surface area contributed by atoms with E-state index in [4.69, 9.17) is 9.72 Å². The lowest BCUT2D eigenvalue weighted by Crippen LogP contribution is -2.48. The Morgan fingerprint density at radius 3 is 3.06 bits per heavy atom. The average Bonchev–Trinajstić information content (AvgIpc) is 3.59. The van der Waals surface area contributed by atoms with Gasteiger partial charge in [-0.1, -0.05) is 17.4 Å². The van der Waals surface area contributed by atoms with Gasteiger partial charge in [0.1, 0.15) is 10.7 Å². The second kappa shape index (κ2) is 8.75. The van der Waals surface area contributed by atoms with Gasteiger partial charge in [0.2, 0.25) is 0 Å². The van der Waals surface area contributed by atoms with Crippen molar-refractivity contribution >= 4 is 45.0 Å². The number of hydrogen-bond acceptors (Lipinski definition) is 7. The van der Waals surface area contributed by atoms with E-state index in [1.165, 1.54) is 11.3 Å². The molecule has 2 aliphatic rings. The van der Waals surface area contributed by atoms with E-state index < -0.39 is 0 Å². The highest BCUT2D eigenvalue weighted by Crippen LogP contribution is 2.34. The molecule has 36 heavy (non-hydrogen) atoms. The van der Waals surface area contributed by atoms with E-state index in [0.717, 1.165) is 46.7 Å². The molecule has 1 saturated heterocycles. The summed E-state index contributed by atoms with van der Waals surface area (Å²) in [7, 11) is 0. The number of benzene rings is 1. The zero-order valence-electron chi connectivity index (χ0n) is 20.1. The lowest BCUT2D eigenvalue weighted by molar-refractivity contribution is 0.0899. The fourth-order valence-electron chi connectivity index (χ4n) is 4.93. The Morgan fingerprint density at radius 1 is 1.33 bits per heavy atom. The van der Waals surface area contributed by atoms with E-state index >= 15 is 0 Å². The number of thiazole rings is 1. The number of carbonyl (C=O) groups is 2. The molecule has 2 amide bonds. The summed E-state index contributed by atoms with van der Waals surface area (Å²) in [6.45, 7) is 5.98. The van der Waals surface area contributed by atoms with E-state index in [-0.39, 0.29) is 23.4 Å². The number of H-pyrrole nitrogens is 2. The van der Waals surface area contributed by atoms with Crippen LogP contribution < -0.4 is 15.5 Å². The van der Waals surface area contributed by atoms with Crippen LogP contribution in [0.15, 0.2) is 36.7 Å². The molecule has 4 aromatic rings. The van der Waals surface area contributed by atoms with Crippen LogP contribution in [0.25, 0.3) is 10.9 Å². The van der Waals surface area contributed by atoms with Crippen LogP contribution in [0.4, 0.5) is 10.9 Å². The van der Waals surface area contributed by atoms with Gasteiger partial charge in [0.15, 0.2) is 5.13 Å². The van der Waals surface area contributed by atoms with Gasteiger partial charge in [0.25, 0.3) is 11.8 Å². The summed E-state index contributed by atoms with van der Waals surface area (Å²) in [5.74, 6) is 0.303. The molecule has 4 N–H and O–H groups in total. The van der Waals surface area contributed by atoms with Crippen LogP contribution in [0.5, 0.6) is 0 Å². The summed E-state index contributed by atoms with van der Waals surface area (Å²) in [6.07, 6.45) is 5.06. The number of carbonyl (C=O) groups excluding carboxylic acids is 2. The van der Waals surface area contributed by atoms with Crippen LogP contribution in [0.1, 0.15) is 45.1 Å². The fourth-order valence-corrected chi connectivity index (χ4v) is 6.01. The third kappa shape index (κ3) is 4.24. The molecule has 3 aromatic heterocycles. The maximum absolute atomic E-state index is 12.6. The number of ether oxygens (including phenoxy) is 1.